The van der Waals surface area contributed by atoms with E-state index in [9.17, 15) is 9.90 Å². The number of allylic oxidation sites excluding steroid dienone is 4. The lowest BCUT2D eigenvalue weighted by Gasteiger charge is -2.59. The molecule has 6 rings (SSSR count). The van der Waals surface area contributed by atoms with Gasteiger partial charge in [0.25, 0.3) is 0 Å². The summed E-state index contributed by atoms with van der Waals surface area (Å²) in [6.07, 6.45) is 9.62. The van der Waals surface area contributed by atoms with E-state index in [4.69, 9.17) is 4.74 Å². The molecule has 2 aromatic carbocycles. The Labute approximate surface area is 247 Å². The van der Waals surface area contributed by atoms with Gasteiger partial charge in [-0.05, 0) is 109 Å². The average Bonchev–Trinajstić information content (AvgIpc) is 3.31. The summed E-state index contributed by atoms with van der Waals surface area (Å²) >= 11 is 0. The number of hydrogen-bond acceptors (Lipinski definition) is 3. The van der Waals surface area contributed by atoms with Crippen LogP contribution < -0.4 is 0 Å². The number of hydrogen-bond donors (Lipinski definition) is 1. The summed E-state index contributed by atoms with van der Waals surface area (Å²) in [5.74, 6) is 0.927. The predicted octanol–water partition coefficient (Wildman–Crippen LogP) is 9.17. The van der Waals surface area contributed by atoms with Crippen LogP contribution in [-0.2, 0) is 4.74 Å². The van der Waals surface area contributed by atoms with Gasteiger partial charge in [-0.15, -0.1) is 0 Å². The molecule has 0 aromatic heterocycles. The maximum atomic E-state index is 13.0. The highest BCUT2D eigenvalue weighted by Crippen LogP contribution is 2.67. The standard InChI is InChI=1S/C38H48O3/c1-24-11-10-14-27(23-24)34(39)25(2)29-16-17-30-28-15-18-32-36(3,4)33(41-35(40)26-12-8-7-9-13-26)20-22-38(32,6)31(28)19-21-37(29,30)5/h7-14,17,23,25,29,32-34,39H,15-16,18-22H2,1-6H3/t25-,29+,32-,33-,34?,37+,38+/m0/s1. The number of aliphatic hydroxyl groups is 1. The maximum Gasteiger partial charge on any atom is 0.338 e. The highest BCUT2D eigenvalue weighted by molar-refractivity contribution is 5.89. The first-order chi connectivity index (χ1) is 19.5. The largest absolute Gasteiger partial charge is 0.458 e. The van der Waals surface area contributed by atoms with Crippen LogP contribution in [0, 0.1) is 40.9 Å². The molecule has 4 aliphatic rings. The molecule has 0 saturated heterocycles. The first kappa shape index (κ1) is 28.5. The lowest BCUT2D eigenvalue weighted by atomic mass is 9.46. The number of rotatable bonds is 5. The van der Waals surface area contributed by atoms with Gasteiger partial charge in [0, 0.05) is 5.41 Å². The summed E-state index contributed by atoms with van der Waals surface area (Å²) < 4.78 is 6.22. The van der Waals surface area contributed by atoms with E-state index in [0.29, 0.717) is 17.4 Å². The second-order valence-electron chi connectivity index (χ2n) is 14.7. The fourth-order valence-electron chi connectivity index (χ4n) is 9.86. The SMILES string of the molecule is Cc1cccc(C(O)[C@@H](C)[C@H]2CC=C3C4=C(CC[C@@]32C)[C@@]2(C)CC[C@H](OC(=O)c3ccccc3)C(C)(C)[C@@H]2CC4)c1. The molecule has 0 spiro atoms. The topological polar surface area (TPSA) is 46.5 Å². The summed E-state index contributed by atoms with van der Waals surface area (Å²) in [5.41, 5.74) is 7.96. The van der Waals surface area contributed by atoms with Crippen molar-refractivity contribution in [1.82, 2.24) is 0 Å². The van der Waals surface area contributed by atoms with Crippen LogP contribution in [0.5, 0.6) is 0 Å². The number of fused-ring (bicyclic) bond motifs is 4. The molecule has 0 heterocycles. The van der Waals surface area contributed by atoms with Gasteiger partial charge >= 0.3 is 5.97 Å². The molecule has 0 aliphatic heterocycles. The summed E-state index contributed by atoms with van der Waals surface area (Å²) in [6, 6.07) is 17.8. The lowest BCUT2D eigenvalue weighted by Crippen LogP contribution is -2.54. The average molecular weight is 553 g/mol. The Kier molecular flexibility index (Phi) is 7.13. The van der Waals surface area contributed by atoms with Crippen LogP contribution in [0.1, 0.15) is 107 Å². The first-order valence-electron chi connectivity index (χ1n) is 15.9. The fourth-order valence-corrected chi connectivity index (χ4v) is 9.86. The van der Waals surface area contributed by atoms with Crippen LogP contribution >= 0.6 is 0 Å². The number of aryl methyl sites for hydroxylation is 1. The van der Waals surface area contributed by atoms with Crippen LogP contribution in [0.2, 0.25) is 0 Å². The van der Waals surface area contributed by atoms with Crippen molar-refractivity contribution in [2.45, 2.75) is 98.7 Å². The van der Waals surface area contributed by atoms with Gasteiger partial charge in [0.2, 0.25) is 0 Å². The van der Waals surface area contributed by atoms with E-state index in [1.54, 1.807) is 16.7 Å². The number of carbonyl (C=O) groups excluding carboxylic acids is 1. The molecular formula is C38H48O3. The molecule has 1 N–H and O–H groups in total. The Balaban J connectivity index is 1.24. The van der Waals surface area contributed by atoms with Crippen LogP contribution in [0.3, 0.4) is 0 Å². The van der Waals surface area contributed by atoms with Gasteiger partial charge in [0.1, 0.15) is 6.10 Å². The molecule has 0 radical (unpaired) electrons. The Morgan fingerprint density at radius 1 is 0.951 bits per heavy atom. The van der Waals surface area contributed by atoms with Crippen molar-refractivity contribution in [1.29, 1.82) is 0 Å². The molecule has 7 atom stereocenters. The zero-order chi connectivity index (χ0) is 29.2. The van der Waals surface area contributed by atoms with Crippen molar-refractivity contribution >= 4 is 5.97 Å². The quantitative estimate of drug-likeness (QED) is 0.376. The van der Waals surface area contributed by atoms with E-state index >= 15 is 0 Å². The molecule has 41 heavy (non-hydrogen) atoms. The molecule has 1 fully saturated rings. The first-order valence-corrected chi connectivity index (χ1v) is 15.9. The summed E-state index contributed by atoms with van der Waals surface area (Å²) in [4.78, 5) is 13.0. The van der Waals surface area contributed by atoms with Gasteiger partial charge in [-0.1, -0.05) is 94.3 Å². The Morgan fingerprint density at radius 2 is 1.71 bits per heavy atom. The van der Waals surface area contributed by atoms with Gasteiger partial charge in [-0.3, -0.25) is 0 Å². The number of carbonyl (C=O) groups is 1. The highest BCUT2D eigenvalue weighted by Gasteiger charge is 2.58. The van der Waals surface area contributed by atoms with Gasteiger partial charge in [0.05, 0.1) is 11.7 Å². The second-order valence-corrected chi connectivity index (χ2v) is 14.7. The Hall–Kier alpha value is -2.65. The molecule has 2 aromatic rings. The minimum absolute atomic E-state index is 0.0664. The van der Waals surface area contributed by atoms with Crippen molar-refractivity contribution in [2.24, 2.45) is 34.0 Å². The molecule has 3 heteroatoms. The third-order valence-corrected chi connectivity index (χ3v) is 12.2. The number of aliphatic hydroxyl groups excluding tert-OH is 1. The highest BCUT2D eigenvalue weighted by atomic mass is 16.5. The minimum atomic E-state index is -0.442. The van der Waals surface area contributed by atoms with E-state index in [2.05, 4.69) is 71.9 Å². The zero-order valence-electron chi connectivity index (χ0n) is 25.9. The monoisotopic (exact) mass is 552 g/mol. The molecule has 4 aliphatic carbocycles. The molecule has 218 valence electrons. The molecular weight excluding hydrogens is 504 g/mol. The summed E-state index contributed by atoms with van der Waals surface area (Å²) in [7, 11) is 0. The van der Waals surface area contributed by atoms with Crippen LogP contribution in [-0.4, -0.2) is 17.2 Å². The number of ether oxygens (including phenoxy) is 1. The van der Waals surface area contributed by atoms with E-state index in [0.717, 1.165) is 50.5 Å². The molecule has 1 unspecified atom stereocenters. The fraction of sp³-hybridized carbons (Fsp3) is 0.553. The summed E-state index contributed by atoms with van der Waals surface area (Å²) in [6.45, 7) is 14.1. The van der Waals surface area contributed by atoms with Crippen molar-refractivity contribution in [3.8, 4) is 0 Å². The Morgan fingerprint density at radius 3 is 2.44 bits per heavy atom. The van der Waals surface area contributed by atoms with Gasteiger partial charge in [-0.2, -0.15) is 0 Å². The van der Waals surface area contributed by atoms with E-state index in [-0.39, 0.29) is 34.2 Å². The van der Waals surface area contributed by atoms with E-state index in [1.807, 2.05) is 30.3 Å². The van der Waals surface area contributed by atoms with Gasteiger partial charge in [-0.25, -0.2) is 4.79 Å². The smallest absolute Gasteiger partial charge is 0.338 e. The van der Waals surface area contributed by atoms with E-state index in [1.165, 1.54) is 5.56 Å². The molecule has 3 nitrogen and oxygen atoms in total. The second kappa shape index (κ2) is 10.3. The lowest BCUT2D eigenvalue weighted by molar-refractivity contribution is -0.0994. The normalized spacial score (nSPS) is 33.6. The van der Waals surface area contributed by atoms with Crippen molar-refractivity contribution in [2.75, 3.05) is 0 Å². The zero-order valence-corrected chi connectivity index (χ0v) is 25.9. The van der Waals surface area contributed by atoms with Crippen LogP contribution in [0.15, 0.2) is 77.4 Å². The third kappa shape index (κ3) is 4.54. The molecule has 0 amide bonds. The third-order valence-electron chi connectivity index (χ3n) is 12.2. The summed E-state index contributed by atoms with van der Waals surface area (Å²) in [5, 5.41) is 11.5. The minimum Gasteiger partial charge on any atom is -0.458 e. The molecule has 0 bridgehead atoms. The van der Waals surface area contributed by atoms with Crippen molar-refractivity contribution in [3.63, 3.8) is 0 Å². The predicted molar refractivity (Wildman–Crippen MR) is 165 cm³/mol. The van der Waals surface area contributed by atoms with Crippen molar-refractivity contribution in [3.05, 3.63) is 94.1 Å². The van der Waals surface area contributed by atoms with E-state index < -0.39 is 6.10 Å². The number of benzene rings is 2. The van der Waals surface area contributed by atoms with Gasteiger partial charge < -0.3 is 9.84 Å². The maximum absolute atomic E-state index is 13.0. The van der Waals surface area contributed by atoms with Gasteiger partial charge in [0.15, 0.2) is 0 Å². The van der Waals surface area contributed by atoms with Crippen molar-refractivity contribution < 1.29 is 14.6 Å². The Bertz CT molecular complexity index is 1380. The number of esters is 1. The van der Waals surface area contributed by atoms with Crippen LogP contribution in [0.4, 0.5) is 0 Å². The molecule has 1 saturated carbocycles. The van der Waals surface area contributed by atoms with Crippen LogP contribution in [0.25, 0.3) is 0 Å².